The van der Waals surface area contributed by atoms with Crippen molar-refractivity contribution in [1.82, 2.24) is 5.32 Å². The molecule has 0 spiro atoms. The molecule has 0 bridgehead atoms. The van der Waals surface area contributed by atoms with E-state index in [2.05, 4.69) is 5.32 Å². The molecule has 1 heterocycles. The van der Waals surface area contributed by atoms with Crippen LogP contribution in [0, 0.1) is 12.7 Å². The summed E-state index contributed by atoms with van der Waals surface area (Å²) in [5, 5.41) is 3.19. The van der Waals surface area contributed by atoms with E-state index in [4.69, 9.17) is 0 Å². The maximum atomic E-state index is 13.0. The van der Waals surface area contributed by atoms with Gasteiger partial charge in [0, 0.05) is 0 Å². The number of dihydropyridines is 1. The number of hydrogen-bond donors (Lipinski definition) is 1. The van der Waals surface area contributed by atoms with E-state index >= 15 is 0 Å². The minimum absolute atomic E-state index is 0.149. The van der Waals surface area contributed by atoms with Crippen LogP contribution in [0.4, 0.5) is 4.39 Å². The predicted octanol–water partition coefficient (Wildman–Crippen LogP) is 2.85. The second-order valence-corrected chi connectivity index (χ2v) is 3.40. The van der Waals surface area contributed by atoms with Gasteiger partial charge in [0.25, 0.3) is 0 Å². The molecule has 0 amide bonds. The highest BCUT2D eigenvalue weighted by atomic mass is 19.1. The van der Waals surface area contributed by atoms with Crippen molar-refractivity contribution in [2.24, 2.45) is 0 Å². The zero-order chi connectivity index (χ0) is 9.97. The number of allylic oxidation sites excluding steroid dienone is 2. The maximum Gasteiger partial charge on any atom is 0.126 e. The molecule has 2 rings (SSSR count). The van der Waals surface area contributed by atoms with Crippen LogP contribution in [0.25, 0.3) is 0 Å². The highest BCUT2D eigenvalue weighted by molar-refractivity contribution is 5.31. The van der Waals surface area contributed by atoms with E-state index in [-0.39, 0.29) is 11.9 Å². The summed E-state index contributed by atoms with van der Waals surface area (Å²) in [6.45, 7) is 1.78. The van der Waals surface area contributed by atoms with Gasteiger partial charge in [-0.15, -0.1) is 0 Å². The summed E-state index contributed by atoms with van der Waals surface area (Å²) in [5.74, 6) is -0.149. The lowest BCUT2D eigenvalue weighted by Gasteiger charge is -2.16. The molecule has 1 aliphatic heterocycles. The van der Waals surface area contributed by atoms with Gasteiger partial charge < -0.3 is 5.32 Å². The highest BCUT2D eigenvalue weighted by Crippen LogP contribution is 2.19. The summed E-state index contributed by atoms with van der Waals surface area (Å²) in [6, 6.07) is 5.36. The number of aryl methyl sites for hydroxylation is 1. The first-order valence-electron chi connectivity index (χ1n) is 4.63. The molecule has 1 nitrogen and oxygen atoms in total. The lowest BCUT2D eigenvalue weighted by Crippen LogP contribution is -2.15. The van der Waals surface area contributed by atoms with Crippen molar-refractivity contribution in [2.75, 3.05) is 0 Å². The van der Waals surface area contributed by atoms with Crippen LogP contribution in [0.1, 0.15) is 17.2 Å². The van der Waals surface area contributed by atoms with Crippen molar-refractivity contribution in [2.45, 2.75) is 13.0 Å². The number of nitrogens with one attached hydrogen (secondary N) is 1. The molecule has 72 valence electrons. The average Bonchev–Trinajstić information content (AvgIpc) is 2.23. The van der Waals surface area contributed by atoms with Crippen molar-refractivity contribution >= 4 is 0 Å². The molecular weight excluding hydrogens is 177 g/mol. The summed E-state index contributed by atoms with van der Waals surface area (Å²) >= 11 is 0. The van der Waals surface area contributed by atoms with E-state index in [1.165, 1.54) is 6.07 Å². The topological polar surface area (TPSA) is 12.0 Å². The van der Waals surface area contributed by atoms with Gasteiger partial charge in [-0.3, -0.25) is 0 Å². The van der Waals surface area contributed by atoms with Gasteiger partial charge in [-0.05, 0) is 36.4 Å². The summed E-state index contributed by atoms with van der Waals surface area (Å²) in [5.41, 5.74) is 1.77. The van der Waals surface area contributed by atoms with Crippen LogP contribution in [0.3, 0.4) is 0 Å². The van der Waals surface area contributed by atoms with Crippen LogP contribution in [0.2, 0.25) is 0 Å². The molecule has 1 atom stereocenters. The van der Waals surface area contributed by atoms with E-state index in [9.17, 15) is 4.39 Å². The van der Waals surface area contributed by atoms with Gasteiger partial charge in [-0.1, -0.05) is 24.3 Å². The van der Waals surface area contributed by atoms with Crippen molar-refractivity contribution in [1.29, 1.82) is 0 Å². The third kappa shape index (κ3) is 1.69. The van der Waals surface area contributed by atoms with Crippen LogP contribution >= 0.6 is 0 Å². The lowest BCUT2D eigenvalue weighted by atomic mass is 10.0. The van der Waals surface area contributed by atoms with Gasteiger partial charge in [0.2, 0.25) is 0 Å². The van der Waals surface area contributed by atoms with Crippen LogP contribution in [0.5, 0.6) is 0 Å². The van der Waals surface area contributed by atoms with Gasteiger partial charge in [-0.2, -0.15) is 0 Å². The summed E-state index contributed by atoms with van der Waals surface area (Å²) in [6.07, 6.45) is 7.86. The minimum Gasteiger partial charge on any atom is -0.381 e. The summed E-state index contributed by atoms with van der Waals surface area (Å²) < 4.78 is 13.0. The van der Waals surface area contributed by atoms with E-state index in [0.29, 0.717) is 5.56 Å². The first kappa shape index (κ1) is 9.00. The molecule has 0 saturated carbocycles. The Hall–Kier alpha value is -1.57. The van der Waals surface area contributed by atoms with E-state index in [1.54, 1.807) is 6.92 Å². The van der Waals surface area contributed by atoms with Crippen molar-refractivity contribution in [3.8, 4) is 0 Å². The first-order valence-corrected chi connectivity index (χ1v) is 4.63. The van der Waals surface area contributed by atoms with E-state index in [1.807, 2.05) is 36.6 Å². The Bertz CT molecular complexity index is 393. The Labute approximate surface area is 83.0 Å². The fourth-order valence-electron chi connectivity index (χ4n) is 1.51. The highest BCUT2D eigenvalue weighted by Gasteiger charge is 2.08. The van der Waals surface area contributed by atoms with Gasteiger partial charge in [-0.25, -0.2) is 4.39 Å². The lowest BCUT2D eigenvalue weighted by molar-refractivity contribution is 0.615. The van der Waals surface area contributed by atoms with Gasteiger partial charge in [0.15, 0.2) is 0 Å². The molecule has 1 aliphatic rings. The zero-order valence-corrected chi connectivity index (χ0v) is 8.00. The fourth-order valence-corrected chi connectivity index (χ4v) is 1.51. The minimum atomic E-state index is -0.149. The molecule has 0 aromatic heterocycles. The molecule has 2 heteroatoms. The Kier molecular flexibility index (Phi) is 2.35. The third-order valence-electron chi connectivity index (χ3n) is 2.33. The van der Waals surface area contributed by atoms with Crippen LogP contribution in [-0.4, -0.2) is 0 Å². The molecule has 1 aromatic rings. The molecule has 0 fully saturated rings. The van der Waals surface area contributed by atoms with Gasteiger partial charge in [0.1, 0.15) is 5.82 Å². The van der Waals surface area contributed by atoms with Crippen molar-refractivity contribution < 1.29 is 4.39 Å². The number of halogens is 1. The standard InChI is InChI=1S/C12H12FN/c1-9-8-10(5-6-11(9)13)12-4-2-3-7-14-12/h2-8,12,14H,1H3. The summed E-state index contributed by atoms with van der Waals surface area (Å²) in [7, 11) is 0. The Morgan fingerprint density at radius 2 is 2.14 bits per heavy atom. The second-order valence-electron chi connectivity index (χ2n) is 3.40. The molecule has 14 heavy (non-hydrogen) atoms. The Balaban J connectivity index is 2.28. The molecule has 1 unspecified atom stereocenters. The first-order chi connectivity index (χ1) is 6.77. The average molecular weight is 189 g/mol. The predicted molar refractivity (Wildman–Crippen MR) is 55.3 cm³/mol. The Morgan fingerprint density at radius 3 is 2.79 bits per heavy atom. The smallest absolute Gasteiger partial charge is 0.126 e. The third-order valence-corrected chi connectivity index (χ3v) is 2.33. The molecule has 1 N–H and O–H groups in total. The number of rotatable bonds is 1. The molecule has 0 radical (unpaired) electrons. The zero-order valence-electron chi connectivity index (χ0n) is 8.00. The van der Waals surface area contributed by atoms with Gasteiger partial charge >= 0.3 is 0 Å². The normalized spacial score (nSPS) is 19.4. The van der Waals surface area contributed by atoms with Crippen LogP contribution in [0.15, 0.2) is 42.6 Å². The van der Waals surface area contributed by atoms with E-state index < -0.39 is 0 Å². The van der Waals surface area contributed by atoms with Crippen LogP contribution < -0.4 is 5.32 Å². The quantitative estimate of drug-likeness (QED) is 0.716. The molecule has 0 saturated heterocycles. The number of hydrogen-bond acceptors (Lipinski definition) is 1. The van der Waals surface area contributed by atoms with E-state index in [0.717, 1.165) is 5.56 Å². The van der Waals surface area contributed by atoms with Crippen molar-refractivity contribution in [3.05, 3.63) is 59.6 Å². The molecule has 1 aromatic carbocycles. The summed E-state index contributed by atoms with van der Waals surface area (Å²) in [4.78, 5) is 0. The van der Waals surface area contributed by atoms with Crippen molar-refractivity contribution in [3.63, 3.8) is 0 Å². The second kappa shape index (κ2) is 3.66. The molecular formula is C12H12FN. The maximum absolute atomic E-state index is 13.0. The SMILES string of the molecule is Cc1cc(C2C=CC=CN2)ccc1F. The Morgan fingerprint density at radius 1 is 1.29 bits per heavy atom. The number of benzene rings is 1. The largest absolute Gasteiger partial charge is 0.381 e. The fraction of sp³-hybridized carbons (Fsp3) is 0.167. The monoisotopic (exact) mass is 189 g/mol. The van der Waals surface area contributed by atoms with Crippen LogP contribution in [-0.2, 0) is 0 Å². The molecule has 0 aliphatic carbocycles. The van der Waals surface area contributed by atoms with Gasteiger partial charge in [0.05, 0.1) is 6.04 Å².